The highest BCUT2D eigenvalue weighted by Crippen LogP contribution is 1.76. The molecule has 0 aromatic heterocycles. The fourth-order valence-electron chi connectivity index (χ4n) is 0.217. The fourth-order valence-corrected chi connectivity index (χ4v) is 0.217. The lowest BCUT2D eigenvalue weighted by molar-refractivity contribution is -0.122. The van der Waals surface area contributed by atoms with Gasteiger partial charge in [-0.15, -0.1) is 0 Å². The molecular formula is C4H8N4O. The van der Waals surface area contributed by atoms with Crippen LogP contribution in [0.4, 0.5) is 0 Å². The number of guanidine groups is 1. The maximum absolute atomic E-state index is 10.4. The largest absolute Gasteiger partial charge is 0.369 e. The number of carbonyl (C=O) groups excluding carboxylic acids is 1. The first-order chi connectivity index (χ1) is 4.09. The second-order valence-electron chi connectivity index (χ2n) is 1.30. The molecule has 0 radical (unpaired) electrons. The molecule has 0 aromatic carbocycles. The van der Waals surface area contributed by atoms with E-state index >= 15 is 0 Å². The Kier molecular flexibility index (Phi) is 2.40. The van der Waals surface area contributed by atoms with Gasteiger partial charge in [0.15, 0.2) is 0 Å². The van der Waals surface area contributed by atoms with E-state index in [9.17, 15) is 4.79 Å². The molecule has 5 N–H and O–H groups in total. The lowest BCUT2D eigenvalue weighted by atomic mass is 10.6. The van der Waals surface area contributed by atoms with Crippen molar-refractivity contribution in [2.75, 3.05) is 0 Å². The number of hydrogen-bond donors (Lipinski definition) is 3. The molecule has 0 rings (SSSR count). The highest BCUT2D eigenvalue weighted by molar-refractivity contribution is 5.99. The van der Waals surface area contributed by atoms with Gasteiger partial charge in [-0.3, -0.25) is 10.2 Å². The zero-order valence-electron chi connectivity index (χ0n) is 4.79. The summed E-state index contributed by atoms with van der Waals surface area (Å²) >= 11 is 0. The summed E-state index contributed by atoms with van der Waals surface area (Å²) in [5, 5.41) is 7.14. The zero-order chi connectivity index (χ0) is 7.44. The van der Waals surface area contributed by atoms with E-state index in [0.29, 0.717) is 5.01 Å². The van der Waals surface area contributed by atoms with Gasteiger partial charge in [-0.05, 0) is 6.08 Å². The number of nitrogens with one attached hydrogen (secondary N) is 1. The van der Waals surface area contributed by atoms with Crippen LogP contribution in [-0.2, 0) is 4.79 Å². The van der Waals surface area contributed by atoms with Crippen LogP contribution in [0, 0.1) is 5.41 Å². The molecular weight excluding hydrogens is 120 g/mol. The molecule has 0 atom stereocenters. The molecule has 0 fully saturated rings. The predicted octanol–water partition coefficient (Wildman–Crippen LogP) is -1.23. The second kappa shape index (κ2) is 2.83. The Morgan fingerprint density at radius 2 is 2.22 bits per heavy atom. The third-order valence-corrected chi connectivity index (χ3v) is 0.672. The number of amides is 1. The van der Waals surface area contributed by atoms with Gasteiger partial charge in [-0.2, -0.15) is 0 Å². The van der Waals surface area contributed by atoms with Crippen molar-refractivity contribution in [2.45, 2.75) is 0 Å². The van der Waals surface area contributed by atoms with Gasteiger partial charge in [-0.1, -0.05) is 6.58 Å². The average Bonchev–Trinajstić information content (AvgIpc) is 1.84. The summed E-state index contributed by atoms with van der Waals surface area (Å²) in [4.78, 5) is 10.4. The first-order valence-electron chi connectivity index (χ1n) is 2.15. The van der Waals surface area contributed by atoms with Crippen LogP contribution in [0.25, 0.3) is 0 Å². The van der Waals surface area contributed by atoms with Crippen molar-refractivity contribution in [3.63, 3.8) is 0 Å². The molecule has 0 aliphatic heterocycles. The third kappa shape index (κ3) is 1.92. The first kappa shape index (κ1) is 7.64. The molecule has 0 unspecified atom stereocenters. The van der Waals surface area contributed by atoms with Gasteiger partial charge in [0.25, 0.3) is 5.91 Å². The molecule has 50 valence electrons. The van der Waals surface area contributed by atoms with Crippen molar-refractivity contribution in [3.05, 3.63) is 12.7 Å². The maximum atomic E-state index is 10.4. The Hall–Kier alpha value is -1.36. The molecule has 0 spiro atoms. The summed E-state index contributed by atoms with van der Waals surface area (Å²) in [7, 11) is 0. The van der Waals surface area contributed by atoms with Crippen molar-refractivity contribution in [1.29, 1.82) is 5.41 Å². The van der Waals surface area contributed by atoms with Crippen LogP contribution in [0.5, 0.6) is 0 Å². The smallest absolute Gasteiger partial charge is 0.267 e. The number of carbonyl (C=O) groups is 1. The molecule has 0 bridgehead atoms. The lowest BCUT2D eigenvalue weighted by Gasteiger charge is -2.09. The monoisotopic (exact) mass is 128 g/mol. The Morgan fingerprint density at radius 3 is 2.33 bits per heavy atom. The highest BCUT2D eigenvalue weighted by atomic mass is 16.2. The first-order valence-corrected chi connectivity index (χ1v) is 2.15. The minimum atomic E-state index is -0.595. The van der Waals surface area contributed by atoms with Crippen molar-refractivity contribution >= 4 is 11.9 Å². The molecule has 9 heavy (non-hydrogen) atoms. The van der Waals surface area contributed by atoms with Crippen molar-refractivity contribution in [2.24, 2.45) is 11.6 Å². The number of hydrazine groups is 1. The number of hydrogen-bond acceptors (Lipinski definition) is 3. The lowest BCUT2D eigenvalue weighted by Crippen LogP contribution is -2.45. The van der Waals surface area contributed by atoms with Gasteiger partial charge in [0.1, 0.15) is 0 Å². The summed E-state index contributed by atoms with van der Waals surface area (Å²) in [6, 6.07) is 0. The van der Waals surface area contributed by atoms with Crippen LogP contribution in [0.3, 0.4) is 0 Å². The zero-order valence-corrected chi connectivity index (χ0v) is 4.79. The average molecular weight is 128 g/mol. The standard InChI is InChI=1S/C4H8N4O/c1-2-3(9)8(7)4(5)6/h2H,1,7H2,(H3,5,6). The van der Waals surface area contributed by atoms with Gasteiger partial charge in [0.2, 0.25) is 5.96 Å². The van der Waals surface area contributed by atoms with E-state index in [4.69, 9.17) is 17.0 Å². The Morgan fingerprint density at radius 1 is 1.78 bits per heavy atom. The van der Waals surface area contributed by atoms with Crippen LogP contribution in [0.15, 0.2) is 12.7 Å². The van der Waals surface area contributed by atoms with Crippen molar-refractivity contribution in [1.82, 2.24) is 5.01 Å². The third-order valence-electron chi connectivity index (χ3n) is 0.672. The molecule has 0 aliphatic rings. The van der Waals surface area contributed by atoms with Crippen molar-refractivity contribution < 1.29 is 4.79 Å². The normalized spacial score (nSPS) is 8.11. The van der Waals surface area contributed by atoms with E-state index in [1.165, 1.54) is 0 Å². The Balaban J connectivity index is 4.03. The van der Waals surface area contributed by atoms with E-state index in [1.54, 1.807) is 0 Å². The van der Waals surface area contributed by atoms with Crippen LogP contribution in [0.2, 0.25) is 0 Å². The molecule has 5 nitrogen and oxygen atoms in total. The van der Waals surface area contributed by atoms with Crippen molar-refractivity contribution in [3.8, 4) is 0 Å². The number of rotatable bonds is 1. The van der Waals surface area contributed by atoms with Crippen LogP contribution in [-0.4, -0.2) is 16.9 Å². The Labute approximate surface area is 52.4 Å². The van der Waals surface area contributed by atoms with E-state index in [0.717, 1.165) is 6.08 Å². The van der Waals surface area contributed by atoms with E-state index in [2.05, 4.69) is 6.58 Å². The van der Waals surface area contributed by atoms with Gasteiger partial charge in [0, 0.05) is 0 Å². The minimum Gasteiger partial charge on any atom is -0.369 e. The summed E-state index contributed by atoms with van der Waals surface area (Å²) in [6.07, 6.45) is 0.974. The summed E-state index contributed by atoms with van der Waals surface area (Å²) in [5.41, 5.74) is 4.83. The van der Waals surface area contributed by atoms with Gasteiger partial charge in [0.05, 0.1) is 0 Å². The SMILES string of the molecule is C=CC(=O)N(N)C(=N)N. The summed E-state index contributed by atoms with van der Waals surface area (Å²) in [5.74, 6) is 3.84. The van der Waals surface area contributed by atoms with Crippen LogP contribution < -0.4 is 11.6 Å². The van der Waals surface area contributed by atoms with Gasteiger partial charge < -0.3 is 5.73 Å². The fraction of sp³-hybridized carbons (Fsp3) is 0. The highest BCUT2D eigenvalue weighted by Gasteiger charge is 2.05. The number of nitrogens with two attached hydrogens (primary N) is 2. The van der Waals surface area contributed by atoms with Gasteiger partial charge in [-0.25, -0.2) is 10.9 Å². The molecule has 0 saturated carbocycles. The topological polar surface area (TPSA) is 96.2 Å². The van der Waals surface area contributed by atoms with E-state index < -0.39 is 11.9 Å². The molecule has 1 amide bonds. The quantitative estimate of drug-likeness (QED) is 0.103. The summed E-state index contributed by atoms with van der Waals surface area (Å²) in [6.45, 7) is 3.14. The number of nitrogens with zero attached hydrogens (tertiary/aromatic N) is 1. The van der Waals surface area contributed by atoms with Gasteiger partial charge >= 0.3 is 0 Å². The maximum Gasteiger partial charge on any atom is 0.267 e. The van der Waals surface area contributed by atoms with E-state index in [-0.39, 0.29) is 0 Å². The predicted molar refractivity (Wildman–Crippen MR) is 33.1 cm³/mol. The molecule has 5 heteroatoms. The van der Waals surface area contributed by atoms with Crippen LogP contribution in [0.1, 0.15) is 0 Å². The molecule has 0 heterocycles. The summed E-state index contributed by atoms with van der Waals surface area (Å²) < 4.78 is 0. The minimum absolute atomic E-state index is 0.493. The molecule has 0 aliphatic carbocycles. The Bertz CT molecular complexity index is 153. The molecule has 0 aromatic rings. The van der Waals surface area contributed by atoms with Crippen LogP contribution >= 0.6 is 0 Å². The molecule has 0 saturated heterocycles. The second-order valence-corrected chi connectivity index (χ2v) is 1.30. The van der Waals surface area contributed by atoms with E-state index in [1.807, 2.05) is 0 Å².